The Morgan fingerprint density at radius 3 is 2.47 bits per heavy atom. The van der Waals surface area contributed by atoms with Crippen LogP contribution < -0.4 is 5.56 Å². The summed E-state index contributed by atoms with van der Waals surface area (Å²) in [6, 6.07) is 12.7. The first-order valence-corrected chi connectivity index (χ1v) is 11.5. The second kappa shape index (κ2) is 7.31. The number of aromatic nitrogens is 1. The largest absolute Gasteiger partial charge is 0.395 e. The number of fused-ring (bicyclic) bond motifs is 5. The molecule has 1 saturated heterocycles. The molecule has 3 aromatic rings. The molecule has 0 atom stereocenters. The molecule has 0 unspecified atom stereocenters. The molecule has 1 aromatic heterocycles. The topological polar surface area (TPSA) is 93.7 Å². The summed E-state index contributed by atoms with van der Waals surface area (Å²) >= 11 is 0. The Bertz CT molecular complexity index is 1290. The van der Waals surface area contributed by atoms with E-state index in [-0.39, 0.29) is 17.1 Å². The number of pyridine rings is 1. The summed E-state index contributed by atoms with van der Waals surface area (Å²) in [5, 5.41) is 10.6. The molecule has 1 aliphatic heterocycles. The van der Waals surface area contributed by atoms with Crippen molar-refractivity contribution < 1.29 is 13.5 Å². The summed E-state index contributed by atoms with van der Waals surface area (Å²) in [7, 11) is -3.59. The number of benzene rings is 2. The van der Waals surface area contributed by atoms with Crippen LogP contribution in [0.3, 0.4) is 0 Å². The molecule has 5 rings (SSSR count). The van der Waals surface area contributed by atoms with E-state index in [0.717, 1.165) is 27.8 Å². The molecule has 7 nitrogen and oxygen atoms in total. The Morgan fingerprint density at radius 2 is 1.73 bits per heavy atom. The molecule has 8 heteroatoms. The monoisotopic (exact) mass is 425 g/mol. The molecule has 30 heavy (non-hydrogen) atoms. The number of sulfonamides is 1. The van der Waals surface area contributed by atoms with Crippen molar-refractivity contribution in [2.75, 3.05) is 39.3 Å². The Labute approximate surface area is 174 Å². The lowest BCUT2D eigenvalue weighted by molar-refractivity contribution is 0.151. The maximum Gasteiger partial charge on any atom is 0.256 e. The number of piperazine rings is 1. The van der Waals surface area contributed by atoms with Crippen molar-refractivity contribution in [1.29, 1.82) is 0 Å². The van der Waals surface area contributed by atoms with E-state index in [4.69, 9.17) is 5.11 Å². The zero-order chi connectivity index (χ0) is 20.9. The fourth-order valence-electron chi connectivity index (χ4n) is 4.54. The molecule has 0 saturated carbocycles. The van der Waals surface area contributed by atoms with Crippen LogP contribution in [0.1, 0.15) is 11.1 Å². The Kier molecular flexibility index (Phi) is 4.74. The third-order valence-electron chi connectivity index (χ3n) is 6.14. The number of aromatic amines is 1. The van der Waals surface area contributed by atoms with Crippen LogP contribution in [0, 0.1) is 0 Å². The van der Waals surface area contributed by atoms with Gasteiger partial charge in [-0.25, -0.2) is 8.42 Å². The summed E-state index contributed by atoms with van der Waals surface area (Å²) in [5.74, 6) is 0. The fraction of sp³-hybridized carbons (Fsp3) is 0.318. The van der Waals surface area contributed by atoms with E-state index in [1.54, 1.807) is 18.2 Å². The highest BCUT2D eigenvalue weighted by Crippen LogP contribution is 2.39. The summed E-state index contributed by atoms with van der Waals surface area (Å²) in [6.45, 7) is 2.70. The number of nitrogens with one attached hydrogen (secondary N) is 1. The van der Waals surface area contributed by atoms with E-state index in [0.29, 0.717) is 44.5 Å². The number of nitrogens with zero attached hydrogens (tertiary/aromatic N) is 2. The number of hydrogen-bond donors (Lipinski definition) is 2. The van der Waals surface area contributed by atoms with Crippen molar-refractivity contribution in [1.82, 2.24) is 14.2 Å². The first-order valence-electron chi connectivity index (χ1n) is 10.1. The van der Waals surface area contributed by atoms with Crippen LogP contribution in [0.25, 0.3) is 22.0 Å². The van der Waals surface area contributed by atoms with Gasteiger partial charge in [-0.1, -0.05) is 24.3 Å². The van der Waals surface area contributed by atoms with Crippen molar-refractivity contribution >= 4 is 20.8 Å². The standard InChI is InChI=1S/C22H23N3O4S/c26-12-11-24-7-9-25(10-8-24)30(28,29)16-5-6-17-15(13-16)14-20-18-3-1-2-4-19(18)22(27)23-21(17)20/h1-6,13,26H,7-12,14H2,(H,23,27). The molecular formula is C22H23N3O4S. The number of aliphatic hydroxyl groups excluding tert-OH is 1. The van der Waals surface area contributed by atoms with Gasteiger partial charge in [-0.2, -0.15) is 4.31 Å². The van der Waals surface area contributed by atoms with Crippen LogP contribution in [-0.4, -0.2) is 67.0 Å². The quantitative estimate of drug-likeness (QED) is 0.516. The van der Waals surface area contributed by atoms with Crippen molar-refractivity contribution in [2.45, 2.75) is 11.3 Å². The molecule has 0 radical (unpaired) electrons. The van der Waals surface area contributed by atoms with Gasteiger partial charge in [-0.15, -0.1) is 0 Å². The minimum Gasteiger partial charge on any atom is -0.395 e. The van der Waals surface area contributed by atoms with Gasteiger partial charge in [-0.3, -0.25) is 9.69 Å². The first-order chi connectivity index (χ1) is 14.5. The summed E-state index contributed by atoms with van der Waals surface area (Å²) in [6.07, 6.45) is 0.593. The third kappa shape index (κ3) is 3.07. The predicted molar refractivity (Wildman–Crippen MR) is 115 cm³/mol. The zero-order valence-electron chi connectivity index (χ0n) is 16.5. The molecule has 2 heterocycles. The summed E-state index contributed by atoms with van der Waals surface area (Å²) < 4.78 is 27.9. The average molecular weight is 426 g/mol. The van der Waals surface area contributed by atoms with Gasteiger partial charge < -0.3 is 10.1 Å². The molecule has 1 fully saturated rings. The Morgan fingerprint density at radius 1 is 1.00 bits per heavy atom. The number of H-pyrrole nitrogens is 1. The highest BCUT2D eigenvalue weighted by molar-refractivity contribution is 7.89. The summed E-state index contributed by atoms with van der Waals surface area (Å²) in [4.78, 5) is 17.8. The van der Waals surface area contributed by atoms with Crippen molar-refractivity contribution in [3.63, 3.8) is 0 Å². The Hall–Kier alpha value is -2.52. The maximum atomic E-state index is 13.2. The highest BCUT2D eigenvalue weighted by atomic mass is 32.2. The lowest BCUT2D eigenvalue weighted by Crippen LogP contribution is -2.49. The van der Waals surface area contributed by atoms with E-state index in [1.165, 1.54) is 4.31 Å². The molecule has 0 spiro atoms. The maximum absolute atomic E-state index is 13.2. The third-order valence-corrected chi connectivity index (χ3v) is 8.03. The van der Waals surface area contributed by atoms with Crippen molar-refractivity contribution in [3.8, 4) is 11.3 Å². The van der Waals surface area contributed by atoms with Gasteiger partial charge in [-0.05, 0) is 34.7 Å². The van der Waals surface area contributed by atoms with Gasteiger partial charge in [0.25, 0.3) is 5.56 Å². The lowest BCUT2D eigenvalue weighted by Gasteiger charge is -2.33. The SMILES string of the molecule is O=c1[nH]c2c(c3ccccc13)Cc1cc(S(=O)(=O)N3CCN(CCO)CC3)ccc1-2. The van der Waals surface area contributed by atoms with Gasteiger partial charge in [0, 0.05) is 50.1 Å². The molecule has 2 N–H and O–H groups in total. The van der Waals surface area contributed by atoms with Crippen molar-refractivity contribution in [2.24, 2.45) is 0 Å². The molecule has 1 aliphatic carbocycles. The molecule has 0 amide bonds. The number of rotatable bonds is 4. The lowest BCUT2D eigenvalue weighted by atomic mass is 10.0. The van der Waals surface area contributed by atoms with Gasteiger partial charge in [0.15, 0.2) is 0 Å². The van der Waals surface area contributed by atoms with Crippen molar-refractivity contribution in [3.05, 3.63) is 63.9 Å². The number of β-amino-alcohol motifs (C(OH)–C–C–N with tert-alkyl or cyclic N) is 1. The zero-order valence-corrected chi connectivity index (χ0v) is 17.3. The van der Waals surface area contributed by atoms with Crippen LogP contribution in [0.5, 0.6) is 0 Å². The minimum absolute atomic E-state index is 0.0783. The van der Waals surface area contributed by atoms with Gasteiger partial charge in [0.05, 0.1) is 17.2 Å². The molecule has 156 valence electrons. The highest BCUT2D eigenvalue weighted by Gasteiger charge is 2.30. The van der Waals surface area contributed by atoms with E-state index in [9.17, 15) is 13.2 Å². The fourth-order valence-corrected chi connectivity index (χ4v) is 6.02. The van der Waals surface area contributed by atoms with E-state index in [2.05, 4.69) is 9.88 Å². The molecule has 2 aliphatic rings. The van der Waals surface area contributed by atoms with E-state index in [1.807, 2.05) is 24.3 Å². The number of aliphatic hydroxyl groups is 1. The first kappa shape index (κ1) is 19.4. The normalized spacial score (nSPS) is 17.2. The van der Waals surface area contributed by atoms with Gasteiger partial charge >= 0.3 is 0 Å². The van der Waals surface area contributed by atoms with Crippen LogP contribution >= 0.6 is 0 Å². The minimum atomic E-state index is -3.59. The van der Waals surface area contributed by atoms with Gasteiger partial charge in [0.2, 0.25) is 10.0 Å². The van der Waals surface area contributed by atoms with Crippen LogP contribution in [0.15, 0.2) is 52.2 Å². The Balaban J connectivity index is 1.48. The number of hydrogen-bond acceptors (Lipinski definition) is 5. The van der Waals surface area contributed by atoms with Crippen LogP contribution in [0.4, 0.5) is 0 Å². The predicted octanol–water partition coefficient (Wildman–Crippen LogP) is 1.40. The second-order valence-corrected chi connectivity index (χ2v) is 9.76. The summed E-state index contributed by atoms with van der Waals surface area (Å²) in [5.41, 5.74) is 3.49. The van der Waals surface area contributed by atoms with E-state index < -0.39 is 10.0 Å². The van der Waals surface area contributed by atoms with Crippen LogP contribution in [0.2, 0.25) is 0 Å². The van der Waals surface area contributed by atoms with Gasteiger partial charge in [0.1, 0.15) is 0 Å². The average Bonchev–Trinajstić information content (AvgIpc) is 3.13. The van der Waals surface area contributed by atoms with Crippen LogP contribution in [-0.2, 0) is 16.4 Å². The molecule has 2 aromatic carbocycles. The second-order valence-electron chi connectivity index (χ2n) is 7.82. The smallest absolute Gasteiger partial charge is 0.256 e. The molecule has 0 bridgehead atoms. The molecular weight excluding hydrogens is 402 g/mol. The van der Waals surface area contributed by atoms with E-state index >= 15 is 0 Å².